The van der Waals surface area contributed by atoms with E-state index in [-0.39, 0.29) is 18.3 Å². The third-order valence-corrected chi connectivity index (χ3v) is 5.54. The summed E-state index contributed by atoms with van der Waals surface area (Å²) in [6, 6.07) is 9.06. The highest BCUT2D eigenvalue weighted by molar-refractivity contribution is 6.62. The first-order chi connectivity index (χ1) is 10.8. The molecule has 0 aliphatic carbocycles. The summed E-state index contributed by atoms with van der Waals surface area (Å²) < 4.78 is 17.8. The molecule has 126 valence electrons. The zero-order chi connectivity index (χ0) is 16.7. The van der Waals surface area contributed by atoms with Crippen molar-refractivity contribution in [2.75, 3.05) is 25.2 Å². The molecular weight excluding hydrogens is 289 g/mol. The van der Waals surface area contributed by atoms with Crippen LogP contribution in [-0.4, -0.2) is 44.6 Å². The van der Waals surface area contributed by atoms with Crippen LogP contribution in [0.5, 0.6) is 0 Å². The van der Waals surface area contributed by atoms with Crippen LogP contribution in [0.25, 0.3) is 0 Å². The Kier molecular flexibility index (Phi) is 4.47. The van der Waals surface area contributed by atoms with Gasteiger partial charge >= 0.3 is 7.12 Å². The number of anilines is 1. The molecule has 0 amide bonds. The summed E-state index contributed by atoms with van der Waals surface area (Å²) in [5.41, 5.74) is 1.68. The molecule has 3 rings (SSSR count). The van der Waals surface area contributed by atoms with Crippen LogP contribution in [0.4, 0.5) is 5.69 Å². The van der Waals surface area contributed by atoms with Crippen molar-refractivity contribution in [2.24, 2.45) is 0 Å². The predicted octanol–water partition coefficient (Wildman–Crippen LogP) is 2.60. The van der Waals surface area contributed by atoms with E-state index in [0.29, 0.717) is 6.04 Å². The zero-order valence-corrected chi connectivity index (χ0v) is 15.0. The molecular formula is C18H28BNO3. The molecule has 1 aromatic rings. The number of ether oxygens (including phenoxy) is 1. The van der Waals surface area contributed by atoms with Crippen molar-refractivity contribution in [1.82, 2.24) is 0 Å². The lowest BCUT2D eigenvalue weighted by Gasteiger charge is -2.33. The SMILES string of the molecule is CN(c1cccc(B2OC(C)(C)C(C)(C)O2)c1)C1CCOCC1. The van der Waals surface area contributed by atoms with Gasteiger partial charge in [0.25, 0.3) is 0 Å². The van der Waals surface area contributed by atoms with Crippen molar-refractivity contribution in [1.29, 1.82) is 0 Å². The van der Waals surface area contributed by atoms with Crippen LogP contribution in [0.15, 0.2) is 24.3 Å². The summed E-state index contributed by atoms with van der Waals surface area (Å²) in [6.07, 6.45) is 2.16. The minimum absolute atomic E-state index is 0.303. The largest absolute Gasteiger partial charge is 0.494 e. The summed E-state index contributed by atoms with van der Waals surface area (Å²) in [7, 11) is 1.86. The average molecular weight is 317 g/mol. The minimum Gasteiger partial charge on any atom is -0.399 e. The van der Waals surface area contributed by atoms with Crippen molar-refractivity contribution in [3.05, 3.63) is 24.3 Å². The Bertz CT molecular complexity index is 539. The topological polar surface area (TPSA) is 30.9 Å². The minimum atomic E-state index is -0.305. The van der Waals surface area contributed by atoms with E-state index in [4.69, 9.17) is 14.0 Å². The maximum atomic E-state index is 6.17. The van der Waals surface area contributed by atoms with Crippen LogP contribution in [-0.2, 0) is 14.0 Å². The molecule has 2 aliphatic heterocycles. The highest BCUT2D eigenvalue weighted by Crippen LogP contribution is 2.36. The van der Waals surface area contributed by atoms with Gasteiger partial charge in [-0.05, 0) is 58.1 Å². The molecule has 2 aliphatic rings. The molecule has 23 heavy (non-hydrogen) atoms. The Morgan fingerprint density at radius 2 is 1.65 bits per heavy atom. The molecule has 0 radical (unpaired) electrons. The van der Waals surface area contributed by atoms with Gasteiger partial charge in [0, 0.05) is 32.0 Å². The normalized spacial score (nSPS) is 24.0. The lowest BCUT2D eigenvalue weighted by Crippen LogP contribution is -2.41. The Balaban J connectivity index is 1.78. The van der Waals surface area contributed by atoms with E-state index in [0.717, 1.165) is 31.5 Å². The van der Waals surface area contributed by atoms with Gasteiger partial charge in [0.1, 0.15) is 0 Å². The van der Waals surface area contributed by atoms with Gasteiger partial charge in [-0.15, -0.1) is 0 Å². The number of rotatable bonds is 3. The molecule has 0 saturated carbocycles. The van der Waals surface area contributed by atoms with Gasteiger partial charge in [-0.2, -0.15) is 0 Å². The summed E-state index contributed by atoms with van der Waals surface area (Å²) in [5, 5.41) is 0. The van der Waals surface area contributed by atoms with Crippen molar-refractivity contribution < 1.29 is 14.0 Å². The maximum Gasteiger partial charge on any atom is 0.494 e. The maximum absolute atomic E-state index is 6.17. The third-order valence-electron chi connectivity index (χ3n) is 5.54. The Morgan fingerprint density at radius 3 is 2.26 bits per heavy atom. The fourth-order valence-corrected chi connectivity index (χ4v) is 3.15. The second-order valence-corrected chi connectivity index (χ2v) is 7.64. The van der Waals surface area contributed by atoms with E-state index in [1.165, 1.54) is 5.69 Å². The van der Waals surface area contributed by atoms with Crippen LogP contribution in [0.2, 0.25) is 0 Å². The predicted molar refractivity (Wildman–Crippen MR) is 94.4 cm³/mol. The second kappa shape index (κ2) is 6.12. The van der Waals surface area contributed by atoms with E-state index in [2.05, 4.69) is 63.9 Å². The van der Waals surface area contributed by atoms with Crippen LogP contribution < -0.4 is 10.4 Å². The summed E-state index contributed by atoms with van der Waals surface area (Å²) in [5.74, 6) is 0. The Labute approximate surface area is 140 Å². The van der Waals surface area contributed by atoms with Crippen molar-refractivity contribution in [3.63, 3.8) is 0 Å². The molecule has 0 unspecified atom stereocenters. The third kappa shape index (κ3) is 3.28. The van der Waals surface area contributed by atoms with Crippen molar-refractivity contribution in [3.8, 4) is 0 Å². The summed E-state index contributed by atoms with van der Waals surface area (Å²) in [6.45, 7) is 10.1. The molecule has 2 heterocycles. The second-order valence-electron chi connectivity index (χ2n) is 7.64. The number of benzene rings is 1. The quantitative estimate of drug-likeness (QED) is 0.802. The van der Waals surface area contributed by atoms with Gasteiger partial charge in [-0.1, -0.05) is 12.1 Å². The molecule has 0 bridgehead atoms. The Hall–Kier alpha value is -1.04. The highest BCUT2D eigenvalue weighted by Gasteiger charge is 2.51. The fraction of sp³-hybridized carbons (Fsp3) is 0.667. The van der Waals surface area contributed by atoms with E-state index in [1.54, 1.807) is 0 Å². The molecule has 5 heteroatoms. The average Bonchev–Trinajstić information content (AvgIpc) is 2.76. The Morgan fingerprint density at radius 1 is 1.04 bits per heavy atom. The van der Waals surface area contributed by atoms with Crippen molar-refractivity contribution in [2.45, 2.75) is 57.8 Å². The van der Waals surface area contributed by atoms with E-state index >= 15 is 0 Å². The fourth-order valence-electron chi connectivity index (χ4n) is 3.15. The van der Waals surface area contributed by atoms with E-state index in [9.17, 15) is 0 Å². The zero-order valence-electron chi connectivity index (χ0n) is 15.0. The van der Waals surface area contributed by atoms with Gasteiger partial charge in [0.05, 0.1) is 11.2 Å². The van der Waals surface area contributed by atoms with E-state index in [1.807, 2.05) is 0 Å². The number of hydrogen-bond acceptors (Lipinski definition) is 4. The molecule has 0 atom stereocenters. The first-order valence-electron chi connectivity index (χ1n) is 8.56. The van der Waals surface area contributed by atoms with Crippen LogP contribution in [0, 0.1) is 0 Å². The van der Waals surface area contributed by atoms with E-state index < -0.39 is 0 Å². The smallest absolute Gasteiger partial charge is 0.399 e. The molecule has 0 spiro atoms. The summed E-state index contributed by atoms with van der Waals surface area (Å²) >= 11 is 0. The molecule has 0 aromatic heterocycles. The van der Waals surface area contributed by atoms with Gasteiger partial charge in [-0.3, -0.25) is 0 Å². The molecule has 2 saturated heterocycles. The van der Waals surface area contributed by atoms with Gasteiger partial charge < -0.3 is 18.9 Å². The number of nitrogens with zero attached hydrogens (tertiary/aromatic N) is 1. The molecule has 0 N–H and O–H groups in total. The van der Waals surface area contributed by atoms with Crippen molar-refractivity contribution >= 4 is 18.3 Å². The van der Waals surface area contributed by atoms with Gasteiger partial charge in [0.15, 0.2) is 0 Å². The highest BCUT2D eigenvalue weighted by atomic mass is 16.7. The first kappa shape index (κ1) is 16.8. The lowest BCUT2D eigenvalue weighted by atomic mass is 9.79. The molecule has 4 nitrogen and oxygen atoms in total. The monoisotopic (exact) mass is 317 g/mol. The van der Waals surface area contributed by atoms with Gasteiger partial charge in [-0.25, -0.2) is 0 Å². The van der Waals surface area contributed by atoms with Crippen LogP contribution in [0.1, 0.15) is 40.5 Å². The first-order valence-corrected chi connectivity index (χ1v) is 8.56. The van der Waals surface area contributed by atoms with Crippen LogP contribution >= 0.6 is 0 Å². The standard InChI is InChI=1S/C18H28BNO3/c1-17(2)18(3,4)23-19(22-17)14-7-6-8-16(13-14)20(5)15-9-11-21-12-10-15/h6-8,13,15H,9-12H2,1-5H3. The number of hydrogen-bond donors (Lipinski definition) is 0. The lowest BCUT2D eigenvalue weighted by molar-refractivity contribution is 0.00578. The molecule has 1 aromatic carbocycles. The molecule has 2 fully saturated rings. The summed E-state index contributed by atoms with van der Waals surface area (Å²) in [4.78, 5) is 2.36. The van der Waals surface area contributed by atoms with Crippen LogP contribution in [0.3, 0.4) is 0 Å². The van der Waals surface area contributed by atoms with Gasteiger partial charge in [0.2, 0.25) is 0 Å².